The van der Waals surface area contributed by atoms with Gasteiger partial charge in [0.25, 0.3) is 0 Å². The molecule has 1 atom stereocenters. The van der Waals surface area contributed by atoms with Crippen molar-refractivity contribution in [2.45, 2.75) is 52.2 Å². The zero-order valence-electron chi connectivity index (χ0n) is 16.7. The molecule has 1 aliphatic rings. The molecule has 1 saturated heterocycles. The van der Waals surface area contributed by atoms with Crippen LogP contribution in [-0.2, 0) is 9.47 Å². The van der Waals surface area contributed by atoms with E-state index < -0.39 is 11.6 Å². The van der Waals surface area contributed by atoms with Gasteiger partial charge in [-0.3, -0.25) is 0 Å². The lowest BCUT2D eigenvalue weighted by molar-refractivity contribution is 0.0206. The van der Waals surface area contributed by atoms with Gasteiger partial charge in [-0.1, -0.05) is 0 Å². The first-order valence-electron chi connectivity index (χ1n) is 9.52. The van der Waals surface area contributed by atoms with Crippen molar-refractivity contribution < 1.29 is 19.1 Å². The van der Waals surface area contributed by atoms with Crippen molar-refractivity contribution in [1.82, 2.24) is 19.9 Å². The van der Waals surface area contributed by atoms with E-state index in [1.807, 2.05) is 20.8 Å². The molecular weight excluding hydrogens is 362 g/mol. The van der Waals surface area contributed by atoms with Crippen LogP contribution in [0.1, 0.15) is 50.9 Å². The molecule has 1 amide bonds. The summed E-state index contributed by atoms with van der Waals surface area (Å²) in [6, 6.07) is -0.00989. The Morgan fingerprint density at radius 1 is 1.36 bits per heavy atom. The smallest absolute Gasteiger partial charge is 0.410 e. The number of carbonyl (C=O) groups excluding carboxylic acids is 2. The maximum Gasteiger partial charge on any atom is 0.410 e. The molecule has 0 radical (unpaired) electrons. The highest BCUT2D eigenvalue weighted by Crippen LogP contribution is 2.26. The van der Waals surface area contributed by atoms with Gasteiger partial charge >= 0.3 is 12.1 Å². The van der Waals surface area contributed by atoms with Gasteiger partial charge in [-0.05, 0) is 40.5 Å². The molecule has 9 nitrogen and oxygen atoms in total. The second-order valence-corrected chi connectivity index (χ2v) is 7.78. The molecule has 0 aromatic carbocycles. The number of aromatic nitrogens is 3. The number of aromatic amines is 1. The van der Waals surface area contributed by atoms with Crippen LogP contribution in [0.5, 0.6) is 0 Å². The number of nitrogens with one attached hydrogen (secondary N) is 2. The summed E-state index contributed by atoms with van der Waals surface area (Å²) < 4.78 is 10.6. The van der Waals surface area contributed by atoms with E-state index in [2.05, 4.69) is 20.3 Å². The second kappa shape index (κ2) is 8.04. The molecule has 0 aliphatic carbocycles. The molecule has 152 valence electrons. The molecule has 0 spiro atoms. The maximum atomic E-state index is 12.4. The fraction of sp³-hybridized carbons (Fsp3) is 0.579. The predicted molar refractivity (Wildman–Crippen MR) is 104 cm³/mol. The number of fused-ring (bicyclic) bond motifs is 1. The van der Waals surface area contributed by atoms with Crippen molar-refractivity contribution in [2.75, 3.05) is 25.0 Å². The lowest BCUT2D eigenvalue weighted by Gasteiger charge is -2.34. The van der Waals surface area contributed by atoms with Crippen molar-refractivity contribution in [3.05, 3.63) is 18.1 Å². The Hall–Kier alpha value is -2.84. The number of hydrogen-bond acceptors (Lipinski definition) is 7. The number of esters is 1. The second-order valence-electron chi connectivity index (χ2n) is 7.78. The quantitative estimate of drug-likeness (QED) is 0.774. The average molecular weight is 389 g/mol. The first kappa shape index (κ1) is 19.9. The molecule has 28 heavy (non-hydrogen) atoms. The molecule has 2 aromatic heterocycles. The molecular formula is C19H27N5O4. The van der Waals surface area contributed by atoms with Crippen LogP contribution in [0.3, 0.4) is 0 Å². The van der Waals surface area contributed by atoms with Crippen LogP contribution in [-0.4, -0.2) is 63.3 Å². The summed E-state index contributed by atoms with van der Waals surface area (Å²) in [4.78, 5) is 37.8. The van der Waals surface area contributed by atoms with Crippen molar-refractivity contribution >= 4 is 28.9 Å². The SMILES string of the molecule is CCOC(=O)c1c[nH]c2ncnc(NC3CCCN(C(=O)OC(C)(C)C)C3)c12. The number of hydrogen-bond donors (Lipinski definition) is 2. The van der Waals surface area contributed by atoms with Gasteiger partial charge in [-0.15, -0.1) is 0 Å². The Balaban J connectivity index is 1.78. The molecule has 1 fully saturated rings. The summed E-state index contributed by atoms with van der Waals surface area (Å²) in [7, 11) is 0. The van der Waals surface area contributed by atoms with Gasteiger partial charge in [-0.2, -0.15) is 0 Å². The number of piperidine rings is 1. The lowest BCUT2D eigenvalue weighted by atomic mass is 10.1. The number of nitrogens with zero attached hydrogens (tertiary/aromatic N) is 3. The Labute approximate surface area is 163 Å². The van der Waals surface area contributed by atoms with E-state index >= 15 is 0 Å². The number of amides is 1. The van der Waals surface area contributed by atoms with Crippen LogP contribution < -0.4 is 5.32 Å². The highest BCUT2D eigenvalue weighted by atomic mass is 16.6. The number of rotatable bonds is 4. The molecule has 3 heterocycles. The monoisotopic (exact) mass is 389 g/mol. The summed E-state index contributed by atoms with van der Waals surface area (Å²) >= 11 is 0. The number of H-pyrrole nitrogens is 1. The van der Waals surface area contributed by atoms with Gasteiger partial charge in [0.15, 0.2) is 0 Å². The van der Waals surface area contributed by atoms with Crippen molar-refractivity contribution in [3.8, 4) is 0 Å². The van der Waals surface area contributed by atoms with Gasteiger partial charge in [0, 0.05) is 25.3 Å². The summed E-state index contributed by atoms with van der Waals surface area (Å²) in [5, 5.41) is 3.96. The highest BCUT2D eigenvalue weighted by molar-refractivity contribution is 6.07. The standard InChI is InChI=1S/C19H27N5O4/c1-5-27-17(25)13-9-20-15-14(13)16(22-11-21-15)23-12-7-6-8-24(10-12)18(26)28-19(2,3)4/h9,11-12H,5-8,10H2,1-4H3,(H2,20,21,22,23). The van der Waals surface area contributed by atoms with Gasteiger partial charge in [0.05, 0.1) is 17.6 Å². The average Bonchev–Trinajstić information content (AvgIpc) is 3.06. The van der Waals surface area contributed by atoms with Crippen molar-refractivity contribution in [3.63, 3.8) is 0 Å². The number of carbonyl (C=O) groups is 2. The van der Waals surface area contributed by atoms with Gasteiger partial charge in [-0.25, -0.2) is 19.6 Å². The molecule has 0 bridgehead atoms. The summed E-state index contributed by atoms with van der Waals surface area (Å²) in [5.74, 6) is 0.121. The third kappa shape index (κ3) is 4.52. The van der Waals surface area contributed by atoms with Gasteiger partial charge in [0.1, 0.15) is 23.4 Å². The van der Waals surface area contributed by atoms with Crippen LogP contribution in [0, 0.1) is 0 Å². The van der Waals surface area contributed by atoms with Crippen molar-refractivity contribution in [1.29, 1.82) is 0 Å². The third-order valence-electron chi connectivity index (χ3n) is 4.38. The first-order valence-corrected chi connectivity index (χ1v) is 9.52. The maximum absolute atomic E-state index is 12.4. The zero-order chi connectivity index (χ0) is 20.3. The zero-order valence-corrected chi connectivity index (χ0v) is 16.7. The lowest BCUT2D eigenvalue weighted by Crippen LogP contribution is -2.47. The minimum Gasteiger partial charge on any atom is -0.462 e. The van der Waals surface area contributed by atoms with Gasteiger partial charge < -0.3 is 24.7 Å². The minimum absolute atomic E-state index is 0.00989. The van der Waals surface area contributed by atoms with Crippen LogP contribution in [0.2, 0.25) is 0 Å². The van der Waals surface area contributed by atoms with Crippen LogP contribution in [0.25, 0.3) is 11.0 Å². The number of likely N-dealkylation sites (tertiary alicyclic amines) is 1. The van der Waals surface area contributed by atoms with E-state index in [1.54, 1.807) is 18.0 Å². The Morgan fingerprint density at radius 2 is 2.14 bits per heavy atom. The van der Waals surface area contributed by atoms with E-state index in [1.165, 1.54) is 6.33 Å². The molecule has 9 heteroatoms. The minimum atomic E-state index is -0.532. The normalized spacial score (nSPS) is 17.4. The molecule has 3 rings (SSSR count). The van der Waals surface area contributed by atoms with E-state index in [4.69, 9.17) is 9.47 Å². The molecule has 2 N–H and O–H groups in total. The van der Waals surface area contributed by atoms with Gasteiger partial charge in [0.2, 0.25) is 0 Å². The summed E-state index contributed by atoms with van der Waals surface area (Å²) in [6.45, 7) is 8.76. The Kier molecular flexibility index (Phi) is 5.71. The summed E-state index contributed by atoms with van der Waals surface area (Å²) in [6.07, 6.45) is 4.43. The van der Waals surface area contributed by atoms with E-state index in [-0.39, 0.29) is 18.7 Å². The fourth-order valence-electron chi connectivity index (χ4n) is 3.22. The largest absolute Gasteiger partial charge is 0.462 e. The Morgan fingerprint density at radius 3 is 2.86 bits per heavy atom. The van der Waals surface area contributed by atoms with E-state index in [0.717, 1.165) is 12.8 Å². The van der Waals surface area contributed by atoms with Crippen LogP contribution in [0.4, 0.5) is 10.6 Å². The first-order chi connectivity index (χ1) is 13.3. The fourth-order valence-corrected chi connectivity index (χ4v) is 3.22. The van der Waals surface area contributed by atoms with Crippen LogP contribution in [0.15, 0.2) is 12.5 Å². The highest BCUT2D eigenvalue weighted by Gasteiger charge is 2.28. The molecule has 1 unspecified atom stereocenters. The molecule has 0 saturated carbocycles. The summed E-state index contributed by atoms with van der Waals surface area (Å²) in [5.41, 5.74) is 0.413. The van der Waals surface area contributed by atoms with E-state index in [9.17, 15) is 9.59 Å². The van der Waals surface area contributed by atoms with Crippen LogP contribution >= 0.6 is 0 Å². The van der Waals surface area contributed by atoms with E-state index in [0.29, 0.717) is 35.5 Å². The molecule has 1 aliphatic heterocycles. The topological polar surface area (TPSA) is 109 Å². The predicted octanol–water partition coefficient (Wildman–Crippen LogP) is 2.95. The number of anilines is 1. The third-order valence-corrected chi connectivity index (χ3v) is 4.38. The Bertz CT molecular complexity index is 858. The van der Waals surface area contributed by atoms with Crippen molar-refractivity contribution in [2.24, 2.45) is 0 Å². The molecule has 2 aromatic rings. The number of ether oxygens (including phenoxy) is 2.